The minimum Gasteiger partial charge on any atom is -0.379 e. The molecule has 17 heavy (non-hydrogen) atoms. The van der Waals surface area contributed by atoms with Crippen molar-refractivity contribution in [1.82, 2.24) is 0 Å². The number of nitrogens with zero attached hydrogens (tertiary/aromatic N) is 1. The number of benzene rings is 1. The van der Waals surface area contributed by atoms with Crippen LogP contribution < -0.4 is 5.73 Å². The largest absolute Gasteiger partial charge is 0.379 e. The molecular formula is C11H13ClN2O3. The summed E-state index contributed by atoms with van der Waals surface area (Å²) in [6, 6.07) is 4.46. The monoisotopic (exact) mass is 256 g/mol. The van der Waals surface area contributed by atoms with Crippen molar-refractivity contribution < 1.29 is 9.66 Å². The van der Waals surface area contributed by atoms with Gasteiger partial charge in [0.05, 0.1) is 16.6 Å². The van der Waals surface area contributed by atoms with Gasteiger partial charge in [0.15, 0.2) is 0 Å². The standard InChI is InChI=1S/C11H13ClN2O3/c12-10-5-9(14(15)16)2-1-8(10)6-11(13)3-4-17-7-11/h1-2,5H,3-4,6-7,13H2. The van der Waals surface area contributed by atoms with Crippen LogP contribution in [0.15, 0.2) is 18.2 Å². The molecule has 0 aliphatic carbocycles. The second kappa shape index (κ2) is 4.60. The Hall–Kier alpha value is -1.17. The summed E-state index contributed by atoms with van der Waals surface area (Å²) in [6.07, 6.45) is 1.35. The van der Waals surface area contributed by atoms with Gasteiger partial charge in [-0.25, -0.2) is 0 Å². The molecule has 0 saturated carbocycles. The summed E-state index contributed by atoms with van der Waals surface area (Å²) in [5.74, 6) is 0. The molecule has 1 unspecified atom stereocenters. The van der Waals surface area contributed by atoms with E-state index < -0.39 is 10.5 Å². The lowest BCUT2D eigenvalue weighted by molar-refractivity contribution is -0.384. The first-order valence-electron chi connectivity index (χ1n) is 5.30. The van der Waals surface area contributed by atoms with Crippen molar-refractivity contribution in [3.8, 4) is 0 Å². The molecule has 0 bridgehead atoms. The highest BCUT2D eigenvalue weighted by molar-refractivity contribution is 6.31. The van der Waals surface area contributed by atoms with Crippen molar-refractivity contribution in [3.63, 3.8) is 0 Å². The SMILES string of the molecule is NC1(Cc2ccc([N+](=O)[O-])cc2Cl)CCOC1. The maximum absolute atomic E-state index is 10.6. The van der Waals surface area contributed by atoms with Crippen molar-refractivity contribution in [2.24, 2.45) is 5.73 Å². The number of rotatable bonds is 3. The van der Waals surface area contributed by atoms with Gasteiger partial charge >= 0.3 is 0 Å². The normalized spacial score (nSPS) is 23.9. The molecule has 5 nitrogen and oxygen atoms in total. The number of ether oxygens (including phenoxy) is 1. The highest BCUT2D eigenvalue weighted by Gasteiger charge is 2.31. The van der Waals surface area contributed by atoms with Crippen molar-refractivity contribution in [2.75, 3.05) is 13.2 Å². The third-order valence-corrected chi connectivity index (χ3v) is 3.28. The molecule has 92 valence electrons. The van der Waals surface area contributed by atoms with Gasteiger partial charge in [-0.05, 0) is 18.4 Å². The number of hydrogen-bond acceptors (Lipinski definition) is 4. The van der Waals surface area contributed by atoms with Gasteiger partial charge < -0.3 is 10.5 Å². The van der Waals surface area contributed by atoms with E-state index in [1.807, 2.05) is 0 Å². The molecule has 2 rings (SSSR count). The van der Waals surface area contributed by atoms with Crippen LogP contribution in [0.4, 0.5) is 5.69 Å². The van der Waals surface area contributed by atoms with E-state index in [0.29, 0.717) is 24.7 Å². The summed E-state index contributed by atoms with van der Waals surface area (Å²) in [7, 11) is 0. The van der Waals surface area contributed by atoms with Gasteiger partial charge in [0, 0.05) is 24.3 Å². The van der Waals surface area contributed by atoms with Crippen LogP contribution in [0.3, 0.4) is 0 Å². The van der Waals surface area contributed by atoms with Crippen molar-refractivity contribution in [3.05, 3.63) is 38.9 Å². The Bertz CT molecular complexity index is 444. The van der Waals surface area contributed by atoms with Crippen LogP contribution in [0, 0.1) is 10.1 Å². The smallest absolute Gasteiger partial charge is 0.270 e. The summed E-state index contributed by atoms with van der Waals surface area (Å²) in [5.41, 5.74) is 6.55. The van der Waals surface area contributed by atoms with E-state index in [-0.39, 0.29) is 5.69 Å². The average molecular weight is 257 g/mol. The van der Waals surface area contributed by atoms with Gasteiger partial charge in [0.25, 0.3) is 5.69 Å². The molecule has 0 aromatic heterocycles. The first kappa shape index (κ1) is 12.3. The maximum Gasteiger partial charge on any atom is 0.270 e. The Balaban J connectivity index is 2.19. The average Bonchev–Trinajstić information content (AvgIpc) is 2.68. The van der Waals surface area contributed by atoms with Crippen LogP contribution in [-0.4, -0.2) is 23.7 Å². The van der Waals surface area contributed by atoms with Crippen LogP contribution in [0.1, 0.15) is 12.0 Å². The number of nitro benzene ring substituents is 1. The predicted molar refractivity (Wildman–Crippen MR) is 64.2 cm³/mol. The predicted octanol–water partition coefficient (Wildman–Crippen LogP) is 1.91. The van der Waals surface area contributed by atoms with Crippen LogP contribution in [0.2, 0.25) is 5.02 Å². The molecule has 1 heterocycles. The molecule has 1 fully saturated rings. The van der Waals surface area contributed by atoms with E-state index in [2.05, 4.69) is 0 Å². The van der Waals surface area contributed by atoms with E-state index in [1.54, 1.807) is 6.07 Å². The van der Waals surface area contributed by atoms with Gasteiger partial charge in [-0.1, -0.05) is 17.7 Å². The molecular weight excluding hydrogens is 244 g/mol. The quantitative estimate of drug-likeness (QED) is 0.662. The Morgan fingerprint density at radius 2 is 2.35 bits per heavy atom. The molecule has 1 aliphatic rings. The zero-order valence-electron chi connectivity index (χ0n) is 9.19. The number of halogens is 1. The zero-order chi connectivity index (χ0) is 12.5. The number of non-ortho nitro benzene ring substituents is 1. The fourth-order valence-corrected chi connectivity index (χ4v) is 2.18. The van der Waals surface area contributed by atoms with E-state index >= 15 is 0 Å². The molecule has 1 atom stereocenters. The van der Waals surface area contributed by atoms with Gasteiger partial charge in [-0.15, -0.1) is 0 Å². The summed E-state index contributed by atoms with van der Waals surface area (Å²) >= 11 is 6.01. The molecule has 6 heteroatoms. The highest BCUT2D eigenvalue weighted by atomic mass is 35.5. The molecule has 1 saturated heterocycles. The lowest BCUT2D eigenvalue weighted by Gasteiger charge is -2.22. The Morgan fingerprint density at radius 1 is 1.59 bits per heavy atom. The second-order valence-electron chi connectivity index (χ2n) is 4.37. The van der Waals surface area contributed by atoms with Gasteiger partial charge in [-0.2, -0.15) is 0 Å². The zero-order valence-corrected chi connectivity index (χ0v) is 9.94. The van der Waals surface area contributed by atoms with Gasteiger partial charge in [-0.3, -0.25) is 10.1 Å². The molecule has 0 spiro atoms. The maximum atomic E-state index is 10.6. The first-order valence-corrected chi connectivity index (χ1v) is 5.67. The van der Waals surface area contributed by atoms with E-state index in [1.165, 1.54) is 12.1 Å². The number of nitro groups is 1. The third kappa shape index (κ3) is 2.74. The van der Waals surface area contributed by atoms with Crippen molar-refractivity contribution >= 4 is 17.3 Å². The van der Waals surface area contributed by atoms with Crippen LogP contribution in [0.5, 0.6) is 0 Å². The third-order valence-electron chi connectivity index (χ3n) is 2.92. The lowest BCUT2D eigenvalue weighted by atomic mass is 9.91. The Kier molecular flexibility index (Phi) is 3.33. The second-order valence-corrected chi connectivity index (χ2v) is 4.78. The molecule has 0 amide bonds. The summed E-state index contributed by atoms with van der Waals surface area (Å²) < 4.78 is 5.26. The first-order chi connectivity index (χ1) is 8.00. The lowest BCUT2D eigenvalue weighted by Crippen LogP contribution is -2.42. The fraction of sp³-hybridized carbons (Fsp3) is 0.455. The van der Waals surface area contributed by atoms with Crippen LogP contribution in [0.25, 0.3) is 0 Å². The molecule has 2 N–H and O–H groups in total. The minimum atomic E-state index is -0.466. The van der Waals surface area contributed by atoms with E-state index in [0.717, 1.165) is 12.0 Å². The minimum absolute atomic E-state index is 0.00695. The molecule has 0 radical (unpaired) electrons. The number of nitrogens with two attached hydrogens (primary N) is 1. The Labute approximate surface area is 104 Å². The van der Waals surface area contributed by atoms with Crippen LogP contribution in [-0.2, 0) is 11.2 Å². The topological polar surface area (TPSA) is 78.4 Å². The van der Waals surface area contributed by atoms with Crippen molar-refractivity contribution in [1.29, 1.82) is 0 Å². The highest BCUT2D eigenvalue weighted by Crippen LogP contribution is 2.28. The summed E-state index contributed by atoms with van der Waals surface area (Å²) in [5, 5.41) is 11.0. The van der Waals surface area contributed by atoms with Crippen LogP contribution >= 0.6 is 11.6 Å². The summed E-state index contributed by atoms with van der Waals surface area (Å²) in [4.78, 5) is 10.1. The van der Waals surface area contributed by atoms with Crippen molar-refractivity contribution in [2.45, 2.75) is 18.4 Å². The molecule has 1 aromatic carbocycles. The van der Waals surface area contributed by atoms with Gasteiger partial charge in [0.1, 0.15) is 0 Å². The molecule has 1 aromatic rings. The molecule has 1 aliphatic heterocycles. The van der Waals surface area contributed by atoms with Gasteiger partial charge in [0.2, 0.25) is 0 Å². The Morgan fingerprint density at radius 3 is 2.88 bits per heavy atom. The van der Waals surface area contributed by atoms with E-state index in [9.17, 15) is 10.1 Å². The summed E-state index contributed by atoms with van der Waals surface area (Å²) in [6.45, 7) is 1.15. The number of hydrogen-bond donors (Lipinski definition) is 1. The fourth-order valence-electron chi connectivity index (χ4n) is 1.93. The van der Waals surface area contributed by atoms with E-state index in [4.69, 9.17) is 22.1 Å².